The first kappa shape index (κ1) is 36.0. The van der Waals surface area contributed by atoms with E-state index in [1.807, 2.05) is 0 Å². The van der Waals surface area contributed by atoms with Crippen molar-refractivity contribution >= 4 is 77.2 Å². The van der Waals surface area contributed by atoms with Crippen molar-refractivity contribution in [1.29, 1.82) is 0 Å². The third-order valence-corrected chi connectivity index (χ3v) is 13.1. The van der Waals surface area contributed by atoms with Gasteiger partial charge in [-0.1, -0.05) is 152 Å². The first-order valence-corrected chi connectivity index (χ1v) is 21.1. The lowest BCUT2D eigenvalue weighted by molar-refractivity contribution is 0.645. The molecule has 1 aliphatic rings. The van der Waals surface area contributed by atoms with Crippen LogP contribution < -0.4 is 9.80 Å². The number of rotatable bonds is 6. The molecule has 0 spiro atoms. The topological polar surface area (TPSA) is 6.48 Å². The highest BCUT2D eigenvalue weighted by Gasteiger charge is 2.36. The molecule has 0 saturated heterocycles. The van der Waals surface area contributed by atoms with Crippen molar-refractivity contribution in [2.24, 2.45) is 0 Å². The molecule has 2 heteroatoms. The van der Waals surface area contributed by atoms with Crippen LogP contribution >= 0.6 is 0 Å². The van der Waals surface area contributed by atoms with Crippen LogP contribution in [0.15, 0.2) is 188 Å². The van der Waals surface area contributed by atoms with Crippen molar-refractivity contribution in [3.63, 3.8) is 0 Å². The van der Waals surface area contributed by atoms with Crippen LogP contribution in [0.5, 0.6) is 0 Å². The third-order valence-electron chi connectivity index (χ3n) is 13.1. The van der Waals surface area contributed by atoms with Crippen LogP contribution in [0.25, 0.3) is 54.2 Å². The van der Waals surface area contributed by atoms with Crippen molar-refractivity contribution < 1.29 is 0 Å². The quantitative estimate of drug-likeness (QED) is 0.155. The molecule has 0 aliphatic heterocycles. The molecule has 288 valence electrons. The van der Waals surface area contributed by atoms with Gasteiger partial charge in [-0.15, -0.1) is 0 Å². The summed E-state index contributed by atoms with van der Waals surface area (Å²) in [5.74, 6) is 0. The molecule has 2 nitrogen and oxygen atoms in total. The number of aryl methyl sites for hydroxylation is 3. The monoisotopic (exact) mass is 770 g/mol. The summed E-state index contributed by atoms with van der Waals surface area (Å²) in [5, 5.41) is 10.1. The van der Waals surface area contributed by atoms with Crippen molar-refractivity contribution in [3.8, 4) is 11.1 Å². The third kappa shape index (κ3) is 5.55. The van der Waals surface area contributed by atoms with E-state index in [1.54, 1.807) is 0 Å². The second-order valence-electron chi connectivity index (χ2n) is 17.2. The molecule has 11 rings (SSSR count). The van der Waals surface area contributed by atoms with Crippen LogP contribution in [-0.4, -0.2) is 0 Å². The Kier molecular flexibility index (Phi) is 8.22. The van der Waals surface area contributed by atoms with Crippen LogP contribution in [-0.2, 0) is 5.41 Å². The van der Waals surface area contributed by atoms with Gasteiger partial charge in [-0.25, -0.2) is 0 Å². The average Bonchev–Trinajstić information content (AvgIpc) is 3.28. The highest BCUT2D eigenvalue weighted by molar-refractivity contribution is 6.19. The number of benzene rings is 10. The van der Waals surface area contributed by atoms with E-state index >= 15 is 0 Å². The molecule has 10 aromatic carbocycles. The molecule has 0 amide bonds. The molecule has 0 aromatic heterocycles. The van der Waals surface area contributed by atoms with Gasteiger partial charge in [0.05, 0.1) is 11.4 Å². The molecule has 0 bridgehead atoms. The molecule has 10 aromatic rings. The van der Waals surface area contributed by atoms with E-state index < -0.39 is 0 Å². The first-order valence-electron chi connectivity index (χ1n) is 21.1. The maximum atomic E-state index is 2.47. The largest absolute Gasteiger partial charge is 0.310 e. The summed E-state index contributed by atoms with van der Waals surface area (Å²) >= 11 is 0. The molecule has 0 N–H and O–H groups in total. The maximum absolute atomic E-state index is 2.47. The van der Waals surface area contributed by atoms with Gasteiger partial charge in [-0.3, -0.25) is 0 Å². The van der Waals surface area contributed by atoms with Crippen LogP contribution in [0.4, 0.5) is 34.1 Å². The van der Waals surface area contributed by atoms with E-state index in [-0.39, 0.29) is 5.41 Å². The summed E-state index contributed by atoms with van der Waals surface area (Å²) in [6.45, 7) is 11.5. The highest BCUT2D eigenvalue weighted by atomic mass is 15.1. The number of hydrogen-bond acceptors (Lipinski definition) is 2. The van der Waals surface area contributed by atoms with Gasteiger partial charge in [0.2, 0.25) is 0 Å². The predicted octanol–water partition coefficient (Wildman–Crippen LogP) is 16.5. The fraction of sp³-hybridized carbons (Fsp3) is 0.103. The summed E-state index contributed by atoms with van der Waals surface area (Å²) in [7, 11) is 0. The smallest absolute Gasteiger partial charge is 0.0540 e. The molecule has 0 radical (unpaired) electrons. The zero-order valence-electron chi connectivity index (χ0n) is 34.8. The zero-order valence-corrected chi connectivity index (χ0v) is 34.8. The average molecular weight is 771 g/mol. The number of nitrogens with zero attached hydrogens (tertiary/aromatic N) is 2. The fourth-order valence-corrected chi connectivity index (χ4v) is 10.0. The molecule has 0 saturated carbocycles. The number of hydrogen-bond donors (Lipinski definition) is 0. The molecule has 1 aliphatic carbocycles. The number of fused-ring (bicyclic) bond motifs is 6. The Balaban J connectivity index is 1.13. The SMILES string of the molecule is Cc1ccc(N(c2ccc3c(c2)C(C)(C)c2cccc4c2c-3c(C)c2ccc(N(c3ccc(C)cc3)c3cccc5ccccc35)cc24)c2cccc3ccccc23)cc1. The molecule has 0 heterocycles. The minimum Gasteiger partial charge on any atom is -0.310 e. The van der Waals surface area contributed by atoms with Crippen LogP contribution in [0, 0.1) is 20.8 Å². The van der Waals surface area contributed by atoms with Gasteiger partial charge in [-0.2, -0.15) is 0 Å². The summed E-state index contributed by atoms with van der Waals surface area (Å²) in [6.07, 6.45) is 0. The van der Waals surface area contributed by atoms with Gasteiger partial charge in [-0.05, 0) is 142 Å². The summed E-state index contributed by atoms with van der Waals surface area (Å²) in [4.78, 5) is 4.88. The fourth-order valence-electron chi connectivity index (χ4n) is 10.0. The van der Waals surface area contributed by atoms with E-state index in [9.17, 15) is 0 Å². The van der Waals surface area contributed by atoms with Gasteiger partial charge >= 0.3 is 0 Å². The Hall–Kier alpha value is -7.16. The molecule has 60 heavy (non-hydrogen) atoms. The van der Waals surface area contributed by atoms with Crippen molar-refractivity contribution in [2.75, 3.05) is 9.80 Å². The molecular weight excluding hydrogens is 725 g/mol. The van der Waals surface area contributed by atoms with Crippen molar-refractivity contribution in [3.05, 3.63) is 216 Å². The lowest BCUT2D eigenvalue weighted by atomic mass is 9.67. The van der Waals surface area contributed by atoms with Gasteiger partial charge in [0.25, 0.3) is 0 Å². The maximum Gasteiger partial charge on any atom is 0.0540 e. The first-order chi connectivity index (χ1) is 29.3. The van der Waals surface area contributed by atoms with Gasteiger partial charge < -0.3 is 9.80 Å². The zero-order chi connectivity index (χ0) is 40.7. The van der Waals surface area contributed by atoms with Gasteiger partial charge in [0.15, 0.2) is 0 Å². The molecule has 0 unspecified atom stereocenters. The Morgan fingerprint density at radius 2 is 0.850 bits per heavy atom. The minimum atomic E-state index is -0.260. The molecule has 0 atom stereocenters. The standard InChI is InChI=1S/C58H46N2/c1-37-23-27-42(28-24-37)59(54-21-10-15-40-13-6-8-17-47(40)54)44-31-33-46-39(3)56-50-34-32-45(36-53(50)58(4,5)52-20-12-19-49(57(52)56)51(46)35-44)60(43-29-25-38(2)26-30-43)55-22-11-16-41-14-7-9-18-48(41)55/h6-36H,1-5H3. The van der Waals surface area contributed by atoms with Crippen LogP contribution in [0.2, 0.25) is 0 Å². The minimum absolute atomic E-state index is 0.260. The summed E-state index contributed by atoms with van der Waals surface area (Å²) < 4.78 is 0. The van der Waals surface area contributed by atoms with E-state index in [4.69, 9.17) is 0 Å². The Morgan fingerprint density at radius 3 is 1.45 bits per heavy atom. The lowest BCUT2D eigenvalue weighted by Gasteiger charge is -2.38. The summed E-state index contributed by atoms with van der Waals surface area (Å²) in [5.41, 5.74) is 15.9. The van der Waals surface area contributed by atoms with E-state index in [0.717, 1.165) is 22.7 Å². The van der Waals surface area contributed by atoms with Gasteiger partial charge in [0, 0.05) is 38.9 Å². The lowest BCUT2D eigenvalue weighted by Crippen LogP contribution is -2.25. The van der Waals surface area contributed by atoms with Crippen LogP contribution in [0.3, 0.4) is 0 Å². The van der Waals surface area contributed by atoms with E-state index in [1.165, 1.54) is 93.4 Å². The second kappa shape index (κ2) is 13.7. The Labute approximate surface area is 352 Å². The second-order valence-corrected chi connectivity index (χ2v) is 17.2. The van der Waals surface area contributed by atoms with Gasteiger partial charge in [0.1, 0.15) is 0 Å². The van der Waals surface area contributed by atoms with E-state index in [2.05, 4.69) is 232 Å². The molecular formula is C58H46N2. The summed E-state index contributed by atoms with van der Waals surface area (Å²) in [6, 6.07) is 69.9. The van der Waals surface area contributed by atoms with Crippen molar-refractivity contribution in [2.45, 2.75) is 40.0 Å². The van der Waals surface area contributed by atoms with E-state index in [0.29, 0.717) is 0 Å². The predicted molar refractivity (Wildman–Crippen MR) is 258 cm³/mol. The van der Waals surface area contributed by atoms with Crippen LogP contribution in [0.1, 0.15) is 41.7 Å². The van der Waals surface area contributed by atoms with Crippen molar-refractivity contribution in [1.82, 2.24) is 0 Å². The Morgan fingerprint density at radius 1 is 0.367 bits per heavy atom. The Bertz CT molecular complexity index is 3310. The molecule has 0 fully saturated rings. The normalized spacial score (nSPS) is 12.9. The highest BCUT2D eigenvalue weighted by Crippen LogP contribution is 2.54. The number of anilines is 6.